The number of rotatable bonds is 4. The van der Waals surface area contributed by atoms with E-state index in [1.165, 1.54) is 14.2 Å². The molecule has 0 radical (unpaired) electrons. The van der Waals surface area contributed by atoms with Crippen molar-refractivity contribution in [3.8, 4) is 11.5 Å². The van der Waals surface area contributed by atoms with E-state index >= 15 is 0 Å². The third kappa shape index (κ3) is 4.07. The molecule has 2 N–H and O–H groups in total. The third-order valence-electron chi connectivity index (χ3n) is 3.35. The van der Waals surface area contributed by atoms with Gasteiger partial charge in [-0.2, -0.15) is 0 Å². The fraction of sp³-hybridized carbons (Fsp3) is 0.235. The Hall–Kier alpha value is -2.40. The molecule has 0 heterocycles. The molecule has 5 nitrogen and oxygen atoms in total. The van der Waals surface area contributed by atoms with Gasteiger partial charge in [-0.15, -0.1) is 0 Å². The predicted molar refractivity (Wildman–Crippen MR) is 93.1 cm³/mol. The summed E-state index contributed by atoms with van der Waals surface area (Å²) in [6.07, 6.45) is 0. The first kappa shape index (κ1) is 17.0. The van der Waals surface area contributed by atoms with Gasteiger partial charge in [0.1, 0.15) is 11.5 Å². The van der Waals surface area contributed by atoms with E-state index in [1.807, 2.05) is 32.0 Å². The summed E-state index contributed by atoms with van der Waals surface area (Å²) in [6, 6.07) is 8.63. The van der Waals surface area contributed by atoms with E-state index in [-0.39, 0.29) is 6.03 Å². The van der Waals surface area contributed by atoms with Crippen LogP contribution in [0.2, 0.25) is 5.02 Å². The number of hydrogen-bond acceptors (Lipinski definition) is 3. The average molecular weight is 335 g/mol. The van der Waals surface area contributed by atoms with E-state index < -0.39 is 0 Å². The number of carbonyl (C=O) groups excluding carboxylic acids is 1. The molecule has 0 bridgehead atoms. The van der Waals surface area contributed by atoms with Gasteiger partial charge in [-0.25, -0.2) is 4.79 Å². The van der Waals surface area contributed by atoms with Gasteiger partial charge in [0.15, 0.2) is 0 Å². The highest BCUT2D eigenvalue weighted by molar-refractivity contribution is 6.32. The molecular weight excluding hydrogens is 316 g/mol. The normalized spacial score (nSPS) is 10.1. The fourth-order valence-electron chi connectivity index (χ4n) is 2.19. The van der Waals surface area contributed by atoms with Gasteiger partial charge in [-0.3, -0.25) is 0 Å². The molecule has 0 saturated heterocycles. The van der Waals surface area contributed by atoms with Crippen LogP contribution in [0.3, 0.4) is 0 Å². The Morgan fingerprint density at radius 2 is 1.61 bits per heavy atom. The van der Waals surface area contributed by atoms with E-state index in [0.29, 0.717) is 22.2 Å². The van der Waals surface area contributed by atoms with Crippen LogP contribution < -0.4 is 20.1 Å². The number of nitrogens with one attached hydrogen (secondary N) is 2. The van der Waals surface area contributed by atoms with Gasteiger partial charge < -0.3 is 20.1 Å². The van der Waals surface area contributed by atoms with Gasteiger partial charge in [0.25, 0.3) is 0 Å². The summed E-state index contributed by atoms with van der Waals surface area (Å²) in [5, 5.41) is 5.96. The van der Waals surface area contributed by atoms with Crippen molar-refractivity contribution in [3.05, 3.63) is 46.5 Å². The number of aryl methyl sites for hydroxylation is 2. The van der Waals surface area contributed by atoms with E-state index in [9.17, 15) is 4.79 Å². The molecule has 0 aliphatic rings. The van der Waals surface area contributed by atoms with Gasteiger partial charge in [0.2, 0.25) is 0 Å². The zero-order valence-corrected chi connectivity index (χ0v) is 14.2. The monoisotopic (exact) mass is 334 g/mol. The van der Waals surface area contributed by atoms with E-state index in [0.717, 1.165) is 16.8 Å². The van der Waals surface area contributed by atoms with E-state index in [2.05, 4.69) is 10.6 Å². The average Bonchev–Trinajstić information content (AvgIpc) is 2.51. The van der Waals surface area contributed by atoms with Crippen molar-refractivity contribution in [1.29, 1.82) is 0 Å². The number of halogens is 1. The Balaban J connectivity index is 2.19. The summed E-state index contributed by atoms with van der Waals surface area (Å²) in [5.74, 6) is 0.904. The maximum Gasteiger partial charge on any atom is 0.323 e. The van der Waals surface area contributed by atoms with Crippen LogP contribution in [0, 0.1) is 13.8 Å². The van der Waals surface area contributed by atoms with Crippen LogP contribution in [-0.2, 0) is 0 Å². The Labute approximate surface area is 140 Å². The number of amides is 2. The van der Waals surface area contributed by atoms with Gasteiger partial charge in [0, 0.05) is 17.8 Å². The Bertz CT molecular complexity index is 732. The summed E-state index contributed by atoms with van der Waals surface area (Å²) in [6.45, 7) is 3.94. The number of ether oxygens (including phenoxy) is 2. The van der Waals surface area contributed by atoms with Crippen LogP contribution in [0.5, 0.6) is 11.5 Å². The molecule has 2 rings (SSSR count). The molecule has 122 valence electrons. The number of carbonyl (C=O) groups is 1. The fourth-order valence-corrected chi connectivity index (χ4v) is 2.42. The molecule has 0 aliphatic heterocycles. The molecule has 0 saturated carbocycles. The van der Waals surface area contributed by atoms with Crippen molar-refractivity contribution in [2.75, 3.05) is 24.9 Å². The predicted octanol–water partition coefficient (Wildman–Crippen LogP) is 4.62. The number of hydrogen-bond donors (Lipinski definition) is 2. The molecule has 0 atom stereocenters. The molecule has 23 heavy (non-hydrogen) atoms. The topological polar surface area (TPSA) is 59.6 Å². The minimum atomic E-state index is -0.375. The van der Waals surface area contributed by atoms with Crippen LogP contribution in [0.4, 0.5) is 16.2 Å². The number of methoxy groups -OCH3 is 2. The minimum Gasteiger partial charge on any atom is -0.495 e. The Morgan fingerprint density at radius 1 is 0.957 bits per heavy atom. The van der Waals surface area contributed by atoms with Crippen LogP contribution >= 0.6 is 11.6 Å². The molecule has 2 aromatic carbocycles. The maximum absolute atomic E-state index is 12.2. The highest BCUT2D eigenvalue weighted by atomic mass is 35.5. The molecule has 6 heteroatoms. The van der Waals surface area contributed by atoms with Crippen molar-refractivity contribution >= 4 is 29.0 Å². The molecule has 0 aliphatic carbocycles. The quantitative estimate of drug-likeness (QED) is 0.857. The lowest BCUT2D eigenvalue weighted by atomic mass is 10.1. The Morgan fingerprint density at radius 3 is 2.22 bits per heavy atom. The second kappa shape index (κ2) is 7.24. The van der Waals surface area contributed by atoms with Crippen molar-refractivity contribution < 1.29 is 14.3 Å². The van der Waals surface area contributed by atoms with E-state index in [4.69, 9.17) is 21.1 Å². The first-order valence-electron chi connectivity index (χ1n) is 7.01. The second-order valence-electron chi connectivity index (χ2n) is 5.08. The SMILES string of the molecule is COc1cc(NC(=O)Nc2ccc(C)cc2C)c(OC)cc1Cl. The van der Waals surface area contributed by atoms with Crippen LogP contribution in [0.1, 0.15) is 11.1 Å². The summed E-state index contributed by atoms with van der Waals surface area (Å²) in [7, 11) is 3.01. The van der Waals surface area contributed by atoms with Crippen LogP contribution in [0.25, 0.3) is 0 Å². The maximum atomic E-state index is 12.2. The lowest BCUT2D eigenvalue weighted by molar-refractivity contribution is 0.262. The van der Waals surface area contributed by atoms with Gasteiger partial charge in [-0.1, -0.05) is 29.3 Å². The highest BCUT2D eigenvalue weighted by Gasteiger charge is 2.13. The van der Waals surface area contributed by atoms with E-state index in [1.54, 1.807) is 12.1 Å². The molecule has 0 unspecified atom stereocenters. The zero-order valence-electron chi connectivity index (χ0n) is 13.5. The molecule has 0 fully saturated rings. The number of benzene rings is 2. The van der Waals surface area contributed by atoms with Crippen molar-refractivity contribution in [2.24, 2.45) is 0 Å². The molecule has 0 spiro atoms. The third-order valence-corrected chi connectivity index (χ3v) is 3.65. The van der Waals surface area contributed by atoms with Crippen LogP contribution in [-0.4, -0.2) is 20.3 Å². The van der Waals surface area contributed by atoms with Gasteiger partial charge in [0.05, 0.1) is 24.9 Å². The molecular formula is C17H19ClN2O3. The van der Waals surface area contributed by atoms with Gasteiger partial charge >= 0.3 is 6.03 Å². The number of anilines is 2. The summed E-state index contributed by atoms with van der Waals surface area (Å²) < 4.78 is 10.4. The standard InChI is InChI=1S/C17H19ClN2O3/c1-10-5-6-13(11(2)7-10)19-17(21)20-14-9-15(22-3)12(18)8-16(14)23-4/h5-9H,1-4H3,(H2,19,20,21). The first-order chi connectivity index (χ1) is 10.9. The van der Waals surface area contributed by atoms with Crippen molar-refractivity contribution in [2.45, 2.75) is 13.8 Å². The minimum absolute atomic E-state index is 0.375. The largest absolute Gasteiger partial charge is 0.495 e. The molecule has 0 aromatic heterocycles. The van der Waals surface area contributed by atoms with Crippen molar-refractivity contribution in [3.63, 3.8) is 0 Å². The first-order valence-corrected chi connectivity index (χ1v) is 7.39. The zero-order chi connectivity index (χ0) is 17.0. The molecule has 2 aromatic rings. The summed E-state index contributed by atoms with van der Waals surface area (Å²) in [4.78, 5) is 12.2. The summed E-state index contributed by atoms with van der Waals surface area (Å²) in [5.41, 5.74) is 3.34. The van der Waals surface area contributed by atoms with Crippen molar-refractivity contribution in [1.82, 2.24) is 0 Å². The second-order valence-corrected chi connectivity index (χ2v) is 5.49. The summed E-state index contributed by atoms with van der Waals surface area (Å²) >= 11 is 6.05. The van der Waals surface area contributed by atoms with Crippen LogP contribution in [0.15, 0.2) is 30.3 Å². The lowest BCUT2D eigenvalue weighted by Gasteiger charge is -2.14. The highest BCUT2D eigenvalue weighted by Crippen LogP contribution is 2.35. The smallest absolute Gasteiger partial charge is 0.323 e. The number of urea groups is 1. The Kier molecular flexibility index (Phi) is 5.34. The van der Waals surface area contributed by atoms with Gasteiger partial charge in [-0.05, 0) is 25.5 Å². The molecule has 2 amide bonds. The lowest BCUT2D eigenvalue weighted by Crippen LogP contribution is -2.20.